The number of aromatic nitrogens is 2. The van der Waals surface area contributed by atoms with Gasteiger partial charge >= 0.3 is 0 Å². The highest BCUT2D eigenvalue weighted by Crippen LogP contribution is 2.28. The smallest absolute Gasteiger partial charge is 0.256 e. The van der Waals surface area contributed by atoms with Gasteiger partial charge in [0.2, 0.25) is 0 Å². The van der Waals surface area contributed by atoms with Gasteiger partial charge in [-0.05, 0) is 68.5 Å². The first-order valence-corrected chi connectivity index (χ1v) is 9.22. The number of hydrogen-bond acceptors (Lipinski definition) is 3. The van der Waals surface area contributed by atoms with Gasteiger partial charge in [0, 0.05) is 18.5 Å². The molecule has 1 aromatic heterocycles. The largest absolute Gasteiger partial charge is 0.496 e. The first-order chi connectivity index (χ1) is 13.3. The Balaban J connectivity index is 2.09. The van der Waals surface area contributed by atoms with Gasteiger partial charge in [0.15, 0.2) is 0 Å². The summed E-state index contributed by atoms with van der Waals surface area (Å²) in [6.45, 7) is 10.2. The van der Waals surface area contributed by atoms with E-state index in [4.69, 9.17) is 4.74 Å². The summed E-state index contributed by atoms with van der Waals surface area (Å²) in [6.07, 6.45) is 16.4. The molecule has 0 aliphatic carbocycles. The number of hydrogen-bond donors (Lipinski definition) is 0. The van der Waals surface area contributed by atoms with Crippen molar-refractivity contribution in [2.24, 2.45) is 0 Å². The molecule has 28 heavy (non-hydrogen) atoms. The normalized spacial score (nSPS) is 12.9. The molecular weight excluding hydrogens is 348 g/mol. The second-order valence-corrected chi connectivity index (χ2v) is 6.86. The Kier molecular flexibility index (Phi) is 7.33. The zero-order valence-corrected chi connectivity index (χ0v) is 17.5. The molecule has 2 rings (SSSR count). The Labute approximate surface area is 167 Å². The van der Waals surface area contributed by atoms with Crippen LogP contribution in [0.5, 0.6) is 5.75 Å². The molecule has 0 aliphatic rings. The predicted molar refractivity (Wildman–Crippen MR) is 116 cm³/mol. The van der Waals surface area contributed by atoms with Gasteiger partial charge in [-0.2, -0.15) is 0 Å². The summed E-state index contributed by atoms with van der Waals surface area (Å²) in [5, 5.41) is 0. The lowest BCUT2D eigenvalue weighted by atomic mass is 9.96. The van der Waals surface area contributed by atoms with Gasteiger partial charge in [0.1, 0.15) is 12.1 Å². The van der Waals surface area contributed by atoms with Gasteiger partial charge in [-0.25, -0.2) is 4.98 Å². The van der Waals surface area contributed by atoms with Gasteiger partial charge in [-0.3, -0.25) is 9.36 Å². The molecule has 0 atom stereocenters. The highest BCUT2D eigenvalue weighted by Gasteiger charge is 2.08. The number of ether oxygens (including phenoxy) is 1. The minimum Gasteiger partial charge on any atom is -0.496 e. The second kappa shape index (κ2) is 9.70. The van der Waals surface area contributed by atoms with Crippen molar-refractivity contribution in [2.45, 2.75) is 34.6 Å². The Morgan fingerprint density at radius 3 is 2.50 bits per heavy atom. The molecule has 1 aromatic carbocycles. The molecule has 0 spiro atoms. The number of carbonyl (C=O) groups excluding carboxylic acids is 1. The summed E-state index contributed by atoms with van der Waals surface area (Å²) >= 11 is 0. The third-order valence-corrected chi connectivity index (χ3v) is 4.67. The quantitative estimate of drug-likeness (QED) is 0.485. The summed E-state index contributed by atoms with van der Waals surface area (Å²) in [4.78, 5) is 15.9. The van der Waals surface area contributed by atoms with Gasteiger partial charge in [0.25, 0.3) is 5.91 Å². The maximum absolute atomic E-state index is 12.0. The monoisotopic (exact) mass is 376 g/mol. The number of imidazole rings is 1. The van der Waals surface area contributed by atoms with Crippen LogP contribution in [0.1, 0.15) is 40.9 Å². The van der Waals surface area contributed by atoms with E-state index in [9.17, 15) is 4.79 Å². The molecule has 4 heteroatoms. The Bertz CT molecular complexity index is 959. The second-order valence-electron chi connectivity index (χ2n) is 6.86. The number of methoxy groups -OCH3 is 1. The minimum atomic E-state index is -0.110. The topological polar surface area (TPSA) is 44.1 Å². The molecule has 146 valence electrons. The molecule has 0 fully saturated rings. The van der Waals surface area contributed by atoms with Crippen molar-refractivity contribution in [3.05, 3.63) is 88.6 Å². The van der Waals surface area contributed by atoms with Crippen molar-refractivity contribution in [3.8, 4) is 5.75 Å². The van der Waals surface area contributed by atoms with Crippen molar-refractivity contribution < 1.29 is 9.53 Å². The molecule has 0 radical (unpaired) electrons. The van der Waals surface area contributed by atoms with Crippen LogP contribution >= 0.6 is 0 Å². The van der Waals surface area contributed by atoms with Gasteiger partial charge in [0.05, 0.1) is 7.11 Å². The Morgan fingerprint density at radius 1 is 1.11 bits per heavy atom. The van der Waals surface area contributed by atoms with E-state index >= 15 is 0 Å². The Morgan fingerprint density at radius 2 is 1.86 bits per heavy atom. The van der Waals surface area contributed by atoms with E-state index in [0.29, 0.717) is 0 Å². The molecular formula is C24H28N2O2. The van der Waals surface area contributed by atoms with Crippen molar-refractivity contribution in [3.63, 3.8) is 0 Å². The number of nitrogens with zero attached hydrogens (tertiary/aromatic N) is 2. The fourth-order valence-electron chi connectivity index (χ4n) is 2.86. The van der Waals surface area contributed by atoms with Gasteiger partial charge < -0.3 is 4.74 Å². The predicted octanol–water partition coefficient (Wildman–Crippen LogP) is 5.62. The van der Waals surface area contributed by atoms with E-state index in [1.165, 1.54) is 27.6 Å². The molecule has 0 bridgehead atoms. The Hall–Kier alpha value is -3.14. The molecule has 4 nitrogen and oxygen atoms in total. The third kappa shape index (κ3) is 5.43. The van der Waals surface area contributed by atoms with Crippen molar-refractivity contribution in [1.82, 2.24) is 9.55 Å². The summed E-state index contributed by atoms with van der Waals surface area (Å²) in [7, 11) is 1.70. The molecule has 0 saturated carbocycles. The average molecular weight is 377 g/mol. The summed E-state index contributed by atoms with van der Waals surface area (Å²) in [5.74, 6) is 0.816. The summed E-state index contributed by atoms with van der Waals surface area (Å²) < 4.78 is 6.88. The van der Waals surface area contributed by atoms with E-state index in [-0.39, 0.29) is 5.91 Å². The average Bonchev–Trinajstić information content (AvgIpc) is 3.19. The van der Waals surface area contributed by atoms with Crippen molar-refractivity contribution >= 4 is 12.0 Å². The van der Waals surface area contributed by atoms with Crippen LogP contribution in [0.3, 0.4) is 0 Å². The van der Waals surface area contributed by atoms with Crippen LogP contribution in [-0.4, -0.2) is 22.6 Å². The zero-order valence-electron chi connectivity index (χ0n) is 17.5. The third-order valence-electron chi connectivity index (χ3n) is 4.67. The fraction of sp³-hybridized carbons (Fsp3) is 0.250. The van der Waals surface area contributed by atoms with E-state index < -0.39 is 0 Å². The molecule has 0 unspecified atom stereocenters. The van der Waals surface area contributed by atoms with Crippen LogP contribution in [0.4, 0.5) is 0 Å². The molecule has 1 heterocycles. The van der Waals surface area contributed by atoms with Crippen LogP contribution in [0.2, 0.25) is 0 Å². The van der Waals surface area contributed by atoms with Crippen LogP contribution in [-0.2, 0) is 0 Å². The standard InChI is InChI=1S/C24H28N2O2/c1-17(8-7-9-18(2)14-24(27)26-13-12-25-16-26)10-11-22-19(3)15-23(28-6)21(5)20(22)4/h7-16H,1-6H3. The number of aryl methyl sites for hydroxylation is 1. The van der Waals surface area contributed by atoms with Crippen LogP contribution < -0.4 is 4.74 Å². The maximum atomic E-state index is 12.0. The molecule has 0 aliphatic heterocycles. The van der Waals surface area contributed by atoms with Crippen molar-refractivity contribution in [1.29, 1.82) is 0 Å². The molecule has 0 amide bonds. The zero-order chi connectivity index (χ0) is 20.7. The first-order valence-electron chi connectivity index (χ1n) is 9.22. The summed E-state index contributed by atoms with van der Waals surface area (Å²) in [5.41, 5.74) is 6.81. The first kappa shape index (κ1) is 21.2. The SMILES string of the molecule is COc1cc(C)c(C=CC(C)=CC=CC(C)=CC(=O)n2ccnc2)c(C)c1C. The van der Waals surface area contributed by atoms with Gasteiger partial charge in [-0.15, -0.1) is 0 Å². The summed E-state index contributed by atoms with van der Waals surface area (Å²) in [6, 6.07) is 2.08. The number of carbonyl (C=O) groups is 1. The van der Waals surface area contributed by atoms with E-state index in [1.807, 2.05) is 25.2 Å². The van der Waals surface area contributed by atoms with Crippen molar-refractivity contribution in [2.75, 3.05) is 7.11 Å². The van der Waals surface area contributed by atoms with E-state index in [1.54, 1.807) is 25.6 Å². The minimum absolute atomic E-state index is 0.110. The highest BCUT2D eigenvalue weighted by atomic mass is 16.5. The molecule has 2 aromatic rings. The number of allylic oxidation sites excluding steroid dienone is 7. The lowest BCUT2D eigenvalue weighted by Gasteiger charge is -2.13. The van der Waals surface area contributed by atoms with Crippen LogP contribution in [0, 0.1) is 20.8 Å². The molecule has 0 N–H and O–H groups in total. The fourth-order valence-corrected chi connectivity index (χ4v) is 2.86. The highest BCUT2D eigenvalue weighted by molar-refractivity contribution is 5.90. The van der Waals surface area contributed by atoms with E-state index in [0.717, 1.165) is 22.5 Å². The maximum Gasteiger partial charge on any atom is 0.256 e. The lowest BCUT2D eigenvalue weighted by molar-refractivity contribution is 0.0968. The van der Waals surface area contributed by atoms with Crippen LogP contribution in [0.25, 0.3) is 6.08 Å². The number of benzene rings is 1. The van der Waals surface area contributed by atoms with E-state index in [2.05, 4.69) is 50.9 Å². The van der Waals surface area contributed by atoms with Gasteiger partial charge in [-0.1, -0.05) is 36.0 Å². The molecule has 0 saturated heterocycles. The van der Waals surface area contributed by atoms with Crippen LogP contribution in [0.15, 0.2) is 66.3 Å². The lowest BCUT2D eigenvalue weighted by Crippen LogP contribution is -2.04. The number of rotatable bonds is 6.